The van der Waals surface area contributed by atoms with Crippen LogP contribution in [0, 0.1) is 22.7 Å². The molecule has 0 atom stereocenters. The summed E-state index contributed by atoms with van der Waals surface area (Å²) in [5.41, 5.74) is 16.1. The molecule has 10 heteroatoms. The molecule has 2 aliphatic heterocycles. The van der Waals surface area contributed by atoms with Crippen LogP contribution < -0.4 is 14.9 Å². The lowest BCUT2D eigenvalue weighted by molar-refractivity contribution is 0.425. The average Bonchev–Trinajstić information content (AvgIpc) is 3.97. The molecule has 2 N–H and O–H groups in total. The fourth-order valence-electron chi connectivity index (χ4n) is 11.6. The van der Waals surface area contributed by atoms with E-state index in [4.69, 9.17) is 48.0 Å². The Balaban J connectivity index is 0.000000127. The Morgan fingerprint density at radius 1 is 0.405 bits per heavy atom. The molecular weight excluding hydrogens is 1020 g/mol. The van der Waals surface area contributed by atoms with Gasteiger partial charge in [0, 0.05) is 53.5 Å². The van der Waals surface area contributed by atoms with Gasteiger partial charge in [0.1, 0.15) is 23.0 Å². The number of halogens is 3. The molecule has 2 aliphatic carbocycles. The van der Waals surface area contributed by atoms with Gasteiger partial charge in [-0.1, -0.05) is 191 Å². The molecule has 0 aromatic heterocycles. The number of nitriles is 2. The molecule has 74 heavy (non-hydrogen) atoms. The van der Waals surface area contributed by atoms with Gasteiger partial charge in [-0.05, 0) is 111 Å². The molecule has 2 spiro atoms. The maximum absolute atomic E-state index is 9.54. The van der Waals surface area contributed by atoms with E-state index in [2.05, 4.69) is 125 Å². The molecule has 4 aliphatic rings. The zero-order valence-corrected chi connectivity index (χ0v) is 42.2. The molecule has 0 fully saturated rings. The Labute approximate surface area is 446 Å². The number of ether oxygens (including phenoxy) is 2. The first-order chi connectivity index (χ1) is 36.2. The van der Waals surface area contributed by atoms with Gasteiger partial charge in [-0.15, -0.1) is 0 Å². The van der Waals surface area contributed by atoms with Crippen LogP contribution in [0.15, 0.2) is 223 Å². The molecule has 14 rings (SSSR count). The average molecular weight is 1060 g/mol. The third kappa shape index (κ3) is 7.14. The summed E-state index contributed by atoms with van der Waals surface area (Å²) >= 11 is 17.6. The van der Waals surface area contributed by atoms with E-state index >= 15 is 0 Å². The van der Waals surface area contributed by atoms with Gasteiger partial charge >= 0.3 is 7.12 Å². The van der Waals surface area contributed by atoms with Crippen molar-refractivity contribution >= 4 is 51.7 Å². The standard InChI is InChI=1S/C32H18ClNO.C25H14BrClO.C7H6BNO2/c33-27-15-7-14-26-31(27)30-22(21-9-5-8-20(18-21)19-34)10-6-13-25(30)32(26)23-11-1-3-16-28(23)35-29-17-4-2-12-24(29)32;26-19-11-5-9-17-23(19)24-18(10-6-12-20(24)27)25(17)15-7-1-3-13-21(15)28-22-14-4-2-8-16(22)25;9-5-6-2-1-3-7(4-6)8(10)11/h1-18H;1-14H;1-4,10-11H. The number of hydrogen-bond acceptors (Lipinski definition) is 6. The van der Waals surface area contributed by atoms with E-state index in [0.717, 1.165) is 93.7 Å². The molecule has 0 saturated heterocycles. The Kier molecular flexibility index (Phi) is 11.8. The second kappa shape index (κ2) is 18.7. The van der Waals surface area contributed by atoms with Gasteiger partial charge < -0.3 is 19.5 Å². The lowest BCUT2D eigenvalue weighted by Gasteiger charge is -2.39. The first-order valence-electron chi connectivity index (χ1n) is 23.8. The van der Waals surface area contributed by atoms with Crippen molar-refractivity contribution in [1.82, 2.24) is 0 Å². The maximum atomic E-state index is 9.54. The molecule has 0 unspecified atom stereocenters. The summed E-state index contributed by atoms with van der Waals surface area (Å²) in [4.78, 5) is 0. The van der Waals surface area contributed by atoms with Gasteiger partial charge in [0.25, 0.3) is 0 Å². The Morgan fingerprint density at radius 3 is 1.27 bits per heavy atom. The van der Waals surface area contributed by atoms with E-state index in [1.54, 1.807) is 18.2 Å². The second-order valence-corrected chi connectivity index (χ2v) is 19.9. The molecule has 6 nitrogen and oxygen atoms in total. The minimum Gasteiger partial charge on any atom is -0.457 e. The van der Waals surface area contributed by atoms with Crippen molar-refractivity contribution in [2.45, 2.75) is 10.8 Å². The fourth-order valence-corrected chi connectivity index (χ4v) is 12.7. The topological polar surface area (TPSA) is 106 Å². The first kappa shape index (κ1) is 46.9. The molecule has 10 aromatic carbocycles. The molecule has 0 bridgehead atoms. The van der Waals surface area contributed by atoms with Crippen LogP contribution in [-0.2, 0) is 10.8 Å². The zero-order valence-electron chi connectivity index (χ0n) is 39.1. The van der Waals surface area contributed by atoms with E-state index in [1.807, 2.05) is 97.1 Å². The van der Waals surface area contributed by atoms with Gasteiger partial charge in [0.2, 0.25) is 0 Å². The number of hydrogen-bond donors (Lipinski definition) is 2. The van der Waals surface area contributed by atoms with Crippen molar-refractivity contribution in [3.05, 3.63) is 289 Å². The summed E-state index contributed by atoms with van der Waals surface area (Å²) in [6.07, 6.45) is 0. The number of rotatable bonds is 2. The van der Waals surface area contributed by atoms with Crippen LogP contribution in [0.3, 0.4) is 0 Å². The maximum Gasteiger partial charge on any atom is 0.488 e. The summed E-state index contributed by atoms with van der Waals surface area (Å²) in [6.45, 7) is 0. The van der Waals surface area contributed by atoms with E-state index in [9.17, 15) is 5.26 Å². The number of fused-ring (bicyclic) bond motifs is 18. The Bertz CT molecular complexity index is 3870. The lowest BCUT2D eigenvalue weighted by atomic mass is 9.66. The molecule has 0 amide bonds. The van der Waals surface area contributed by atoms with Gasteiger partial charge in [-0.25, -0.2) is 0 Å². The van der Waals surface area contributed by atoms with Crippen LogP contribution in [0.2, 0.25) is 10.0 Å². The lowest BCUT2D eigenvalue weighted by Crippen LogP contribution is -2.32. The zero-order chi connectivity index (χ0) is 50.7. The summed E-state index contributed by atoms with van der Waals surface area (Å²) in [5.74, 6) is 3.48. The number of nitrogens with zero attached hydrogens (tertiary/aromatic N) is 2. The monoisotopic (exact) mass is 1060 g/mol. The van der Waals surface area contributed by atoms with Gasteiger partial charge in [0.15, 0.2) is 0 Å². The van der Waals surface area contributed by atoms with Crippen LogP contribution in [0.25, 0.3) is 33.4 Å². The fraction of sp³-hybridized carbons (Fsp3) is 0.0312. The van der Waals surface area contributed by atoms with Crippen molar-refractivity contribution in [3.8, 4) is 68.5 Å². The van der Waals surface area contributed by atoms with E-state index in [1.165, 1.54) is 22.8 Å². The normalized spacial score (nSPS) is 13.3. The molecule has 10 aromatic rings. The molecule has 0 saturated carbocycles. The van der Waals surface area contributed by atoms with E-state index in [0.29, 0.717) is 21.6 Å². The number of para-hydroxylation sites is 4. The van der Waals surface area contributed by atoms with Gasteiger partial charge in [-0.3, -0.25) is 0 Å². The highest BCUT2D eigenvalue weighted by Crippen LogP contribution is 2.66. The summed E-state index contributed by atoms with van der Waals surface area (Å²) in [5, 5.41) is 36.8. The van der Waals surface area contributed by atoms with Crippen molar-refractivity contribution < 1.29 is 19.5 Å². The SMILES string of the molecule is Clc1cccc2c1-c1c(Br)cccc1C21c2ccccc2Oc2ccccc21.N#Cc1cccc(-c2cccc3c2-c2c(Cl)cccc2C32c3ccccc3Oc3ccccc32)c1.N#Cc1cccc(B(O)O)c1. The smallest absolute Gasteiger partial charge is 0.457 e. The molecule has 352 valence electrons. The molecule has 2 heterocycles. The van der Waals surface area contributed by atoms with Crippen LogP contribution in [0.4, 0.5) is 0 Å². The molecular formula is C64H38BBrCl2N2O4. The van der Waals surface area contributed by atoms with Gasteiger partial charge in [-0.2, -0.15) is 10.5 Å². The highest BCUT2D eigenvalue weighted by atomic mass is 79.9. The Hall–Kier alpha value is -8.18. The highest BCUT2D eigenvalue weighted by molar-refractivity contribution is 9.10. The molecule has 0 radical (unpaired) electrons. The van der Waals surface area contributed by atoms with E-state index in [-0.39, 0.29) is 0 Å². The van der Waals surface area contributed by atoms with Crippen molar-refractivity contribution in [3.63, 3.8) is 0 Å². The van der Waals surface area contributed by atoms with Crippen LogP contribution >= 0.6 is 39.1 Å². The first-order valence-corrected chi connectivity index (χ1v) is 25.4. The predicted octanol–water partition coefficient (Wildman–Crippen LogP) is 15.2. The largest absolute Gasteiger partial charge is 0.488 e. The van der Waals surface area contributed by atoms with Gasteiger partial charge in [0.05, 0.1) is 34.1 Å². The Morgan fingerprint density at radius 2 is 0.784 bits per heavy atom. The second-order valence-electron chi connectivity index (χ2n) is 18.2. The van der Waals surface area contributed by atoms with Crippen molar-refractivity contribution in [1.29, 1.82) is 10.5 Å². The quantitative estimate of drug-likeness (QED) is 0.167. The van der Waals surface area contributed by atoms with Crippen LogP contribution in [-0.4, -0.2) is 17.2 Å². The summed E-state index contributed by atoms with van der Waals surface area (Å²) in [6, 6.07) is 76.6. The summed E-state index contributed by atoms with van der Waals surface area (Å²) in [7, 11) is -1.50. The number of benzene rings is 10. The highest BCUT2D eigenvalue weighted by Gasteiger charge is 2.53. The third-order valence-corrected chi connectivity index (χ3v) is 15.7. The van der Waals surface area contributed by atoms with Crippen molar-refractivity contribution in [2.75, 3.05) is 0 Å². The van der Waals surface area contributed by atoms with Crippen LogP contribution in [0.1, 0.15) is 55.6 Å². The minimum absolute atomic E-state index is 0.337. The summed E-state index contributed by atoms with van der Waals surface area (Å²) < 4.78 is 13.8. The predicted molar refractivity (Wildman–Crippen MR) is 296 cm³/mol. The van der Waals surface area contributed by atoms with Crippen LogP contribution in [0.5, 0.6) is 23.0 Å². The van der Waals surface area contributed by atoms with E-state index < -0.39 is 17.9 Å². The minimum atomic E-state index is -1.50. The third-order valence-electron chi connectivity index (χ3n) is 14.4. The van der Waals surface area contributed by atoms with Crippen molar-refractivity contribution in [2.24, 2.45) is 0 Å².